The van der Waals surface area contributed by atoms with E-state index in [0.717, 1.165) is 23.1 Å². The zero-order chi connectivity index (χ0) is 9.42. The van der Waals surface area contributed by atoms with Gasteiger partial charge in [0, 0.05) is 0 Å². The van der Waals surface area contributed by atoms with E-state index in [-0.39, 0.29) is 0 Å². The first-order valence-electron chi connectivity index (χ1n) is 4.35. The van der Waals surface area contributed by atoms with Crippen LogP contribution in [0.5, 0.6) is 0 Å². The first-order chi connectivity index (χ1) is 6.20. The molecule has 1 aromatic rings. The maximum absolute atomic E-state index is 4.03. The van der Waals surface area contributed by atoms with Gasteiger partial charge in [-0.15, -0.1) is 0 Å². The Bertz CT molecular complexity index is 408. The number of hydrogen-bond acceptors (Lipinski definition) is 0. The highest BCUT2D eigenvalue weighted by molar-refractivity contribution is 5.85. The van der Waals surface area contributed by atoms with Crippen molar-refractivity contribution in [3.05, 3.63) is 66.3 Å². The van der Waals surface area contributed by atoms with Crippen LogP contribution in [0.4, 0.5) is 0 Å². The molecular weight excluding hydrogens is 156 g/mol. The minimum Gasteiger partial charge on any atom is -0.0949 e. The Labute approximate surface area is 78.9 Å². The smallest absolute Gasteiger partial charge is 0.00196 e. The van der Waals surface area contributed by atoms with E-state index in [1.807, 2.05) is 12.1 Å². The third-order valence-electron chi connectivity index (χ3n) is 2.54. The van der Waals surface area contributed by atoms with E-state index in [1.165, 1.54) is 11.1 Å². The summed E-state index contributed by atoms with van der Waals surface area (Å²) in [6.07, 6.45) is 0.911. The van der Waals surface area contributed by atoms with Gasteiger partial charge in [-0.1, -0.05) is 44.0 Å². The number of allylic oxidation sites excluding steroid dienone is 3. The van der Waals surface area contributed by atoms with Crippen molar-refractivity contribution in [3.63, 3.8) is 0 Å². The fraction of sp³-hybridized carbons (Fsp3) is 0.0769. The largest absolute Gasteiger partial charge is 0.0949 e. The van der Waals surface area contributed by atoms with E-state index in [0.29, 0.717) is 0 Å². The summed E-state index contributed by atoms with van der Waals surface area (Å²) in [5, 5.41) is 0. The summed E-state index contributed by atoms with van der Waals surface area (Å²) in [5.41, 5.74) is 5.64. The first kappa shape index (κ1) is 8.06. The second-order valence-corrected chi connectivity index (χ2v) is 3.39. The molecule has 0 nitrogen and oxygen atoms in total. The Kier molecular flexibility index (Phi) is 1.70. The predicted molar refractivity (Wildman–Crippen MR) is 57.5 cm³/mol. The van der Waals surface area contributed by atoms with Gasteiger partial charge in [-0.25, -0.2) is 0 Å². The molecule has 2 rings (SSSR count). The highest BCUT2D eigenvalue weighted by Gasteiger charge is 2.17. The van der Waals surface area contributed by atoms with Crippen molar-refractivity contribution in [1.82, 2.24) is 0 Å². The Morgan fingerprint density at radius 2 is 1.62 bits per heavy atom. The van der Waals surface area contributed by atoms with Crippen molar-refractivity contribution < 1.29 is 0 Å². The van der Waals surface area contributed by atoms with Gasteiger partial charge in [-0.2, -0.15) is 0 Å². The van der Waals surface area contributed by atoms with E-state index in [2.05, 4.69) is 31.9 Å². The van der Waals surface area contributed by atoms with Gasteiger partial charge in [-0.05, 0) is 34.3 Å². The van der Waals surface area contributed by atoms with Crippen LogP contribution in [0.15, 0.2) is 55.1 Å². The SMILES string of the molecule is C=C1Cc2ccccc2C(=C)C1=C. The molecule has 0 saturated carbocycles. The molecule has 0 spiro atoms. The maximum atomic E-state index is 4.03. The molecule has 0 unspecified atom stereocenters. The molecule has 0 fully saturated rings. The average molecular weight is 168 g/mol. The summed E-state index contributed by atoms with van der Waals surface area (Å²) in [6.45, 7) is 12.0. The van der Waals surface area contributed by atoms with Crippen LogP contribution in [0.25, 0.3) is 5.57 Å². The Hall–Kier alpha value is -1.56. The number of hydrogen-bond donors (Lipinski definition) is 0. The fourth-order valence-electron chi connectivity index (χ4n) is 1.68. The van der Waals surface area contributed by atoms with Crippen molar-refractivity contribution in [2.45, 2.75) is 6.42 Å². The molecule has 0 atom stereocenters. The molecule has 0 aliphatic heterocycles. The van der Waals surface area contributed by atoms with Gasteiger partial charge in [0.2, 0.25) is 0 Å². The molecule has 0 heteroatoms. The normalized spacial score (nSPS) is 15.8. The van der Waals surface area contributed by atoms with Crippen LogP contribution in [0, 0.1) is 0 Å². The van der Waals surface area contributed by atoms with Crippen LogP contribution >= 0.6 is 0 Å². The molecule has 0 radical (unpaired) electrons. The predicted octanol–water partition coefficient (Wildman–Crippen LogP) is 3.37. The van der Waals surface area contributed by atoms with E-state index in [1.54, 1.807) is 0 Å². The van der Waals surface area contributed by atoms with Gasteiger partial charge in [-0.3, -0.25) is 0 Å². The van der Waals surface area contributed by atoms with Crippen LogP contribution in [0.3, 0.4) is 0 Å². The Morgan fingerprint density at radius 3 is 2.38 bits per heavy atom. The number of rotatable bonds is 0. The van der Waals surface area contributed by atoms with Crippen molar-refractivity contribution in [2.24, 2.45) is 0 Å². The van der Waals surface area contributed by atoms with Gasteiger partial charge in [0.1, 0.15) is 0 Å². The molecule has 0 N–H and O–H groups in total. The monoisotopic (exact) mass is 168 g/mol. The van der Waals surface area contributed by atoms with Crippen molar-refractivity contribution in [2.75, 3.05) is 0 Å². The molecule has 1 aliphatic rings. The summed E-state index contributed by atoms with van der Waals surface area (Å²) in [4.78, 5) is 0. The highest BCUT2D eigenvalue weighted by atomic mass is 14.2. The zero-order valence-corrected chi connectivity index (χ0v) is 7.64. The molecule has 0 bridgehead atoms. The molecule has 13 heavy (non-hydrogen) atoms. The van der Waals surface area contributed by atoms with Gasteiger partial charge in [0.05, 0.1) is 0 Å². The second-order valence-electron chi connectivity index (χ2n) is 3.39. The van der Waals surface area contributed by atoms with Crippen LogP contribution in [0.1, 0.15) is 11.1 Å². The molecular formula is C13H12. The van der Waals surface area contributed by atoms with E-state index in [9.17, 15) is 0 Å². The summed E-state index contributed by atoms with van der Waals surface area (Å²) in [5.74, 6) is 0. The average Bonchev–Trinajstić information content (AvgIpc) is 2.15. The minimum absolute atomic E-state index is 0.911. The van der Waals surface area contributed by atoms with Crippen LogP contribution in [0.2, 0.25) is 0 Å². The minimum atomic E-state index is 0.911. The molecule has 1 aliphatic carbocycles. The summed E-state index contributed by atoms with van der Waals surface area (Å²) in [7, 11) is 0. The van der Waals surface area contributed by atoms with Crippen LogP contribution < -0.4 is 0 Å². The second kappa shape index (κ2) is 2.74. The third kappa shape index (κ3) is 1.15. The van der Waals surface area contributed by atoms with Crippen molar-refractivity contribution >= 4 is 5.57 Å². The van der Waals surface area contributed by atoms with Gasteiger partial charge >= 0.3 is 0 Å². The lowest BCUT2D eigenvalue weighted by molar-refractivity contribution is 1.14. The highest BCUT2D eigenvalue weighted by Crippen LogP contribution is 2.34. The Balaban J connectivity index is 2.62. The topological polar surface area (TPSA) is 0 Å². The lowest BCUT2D eigenvalue weighted by Crippen LogP contribution is -2.05. The molecule has 0 saturated heterocycles. The van der Waals surface area contributed by atoms with Gasteiger partial charge in [0.15, 0.2) is 0 Å². The van der Waals surface area contributed by atoms with E-state index >= 15 is 0 Å². The first-order valence-corrected chi connectivity index (χ1v) is 4.35. The van der Waals surface area contributed by atoms with Crippen molar-refractivity contribution in [3.8, 4) is 0 Å². The van der Waals surface area contributed by atoms with Gasteiger partial charge < -0.3 is 0 Å². The number of fused-ring (bicyclic) bond motifs is 1. The van der Waals surface area contributed by atoms with E-state index in [4.69, 9.17) is 0 Å². The number of benzene rings is 1. The molecule has 0 heterocycles. The lowest BCUT2D eigenvalue weighted by atomic mass is 9.82. The standard InChI is InChI=1S/C13H12/c1-9-8-12-6-4-5-7-13(12)11(3)10(9)2/h4-7H,1-3,8H2. The lowest BCUT2D eigenvalue weighted by Gasteiger charge is -2.22. The molecule has 0 aromatic heterocycles. The molecule has 64 valence electrons. The van der Waals surface area contributed by atoms with E-state index < -0.39 is 0 Å². The quantitative estimate of drug-likeness (QED) is 0.557. The van der Waals surface area contributed by atoms with Gasteiger partial charge in [0.25, 0.3) is 0 Å². The maximum Gasteiger partial charge on any atom is -0.00196 e. The van der Waals surface area contributed by atoms with Crippen molar-refractivity contribution in [1.29, 1.82) is 0 Å². The summed E-state index contributed by atoms with van der Waals surface area (Å²) >= 11 is 0. The fourth-order valence-corrected chi connectivity index (χ4v) is 1.68. The Morgan fingerprint density at radius 1 is 0.923 bits per heavy atom. The van der Waals surface area contributed by atoms with Crippen LogP contribution in [-0.2, 0) is 6.42 Å². The molecule has 0 amide bonds. The zero-order valence-electron chi connectivity index (χ0n) is 7.64. The van der Waals surface area contributed by atoms with Crippen LogP contribution in [-0.4, -0.2) is 0 Å². The summed E-state index contributed by atoms with van der Waals surface area (Å²) in [6, 6.07) is 8.30. The molecule has 1 aromatic carbocycles. The third-order valence-corrected chi connectivity index (χ3v) is 2.54. The summed E-state index contributed by atoms with van der Waals surface area (Å²) < 4.78 is 0.